The summed E-state index contributed by atoms with van der Waals surface area (Å²) in [4.78, 5) is 14.9. The number of hydrogen-bond acceptors (Lipinski definition) is 3. The molecule has 0 aromatic rings. The molecular weight excluding hydrogens is 262 g/mol. The quantitative estimate of drug-likeness (QED) is 0.665. The lowest BCUT2D eigenvalue weighted by molar-refractivity contribution is -0.151. The Bertz CT molecular complexity index is 334. The summed E-state index contributed by atoms with van der Waals surface area (Å²) in [5, 5.41) is 0. The fraction of sp³-hybridized carbons (Fsp3) is 0.944. The molecule has 0 radical (unpaired) electrons. The summed E-state index contributed by atoms with van der Waals surface area (Å²) in [5.41, 5.74) is 0.278. The minimum atomic E-state index is 0.0701. The van der Waals surface area contributed by atoms with Gasteiger partial charge in [0.05, 0.1) is 5.92 Å². The monoisotopic (exact) mass is 295 g/mol. The molecule has 2 aliphatic rings. The summed E-state index contributed by atoms with van der Waals surface area (Å²) in [6.07, 6.45) is 9.62. The Balaban J connectivity index is 1.76. The normalized spacial score (nSPS) is 24.3. The molecule has 1 saturated carbocycles. The van der Waals surface area contributed by atoms with Gasteiger partial charge in [-0.25, -0.2) is 0 Å². The average molecular weight is 295 g/mol. The largest absolute Gasteiger partial charge is 0.464 e. The highest BCUT2D eigenvalue weighted by Crippen LogP contribution is 2.34. The van der Waals surface area contributed by atoms with Crippen molar-refractivity contribution in [1.29, 1.82) is 0 Å². The third kappa shape index (κ3) is 4.45. The molecule has 2 rings (SSSR count). The van der Waals surface area contributed by atoms with Gasteiger partial charge in [0, 0.05) is 12.1 Å². The van der Waals surface area contributed by atoms with E-state index in [1.54, 1.807) is 0 Å². The lowest BCUT2D eigenvalue weighted by atomic mass is 9.87. The van der Waals surface area contributed by atoms with E-state index >= 15 is 0 Å². The third-order valence-corrected chi connectivity index (χ3v) is 5.55. The number of carbonyl (C=O) groups is 1. The summed E-state index contributed by atoms with van der Waals surface area (Å²) in [7, 11) is 0. The van der Waals surface area contributed by atoms with Crippen LogP contribution in [0.5, 0.6) is 0 Å². The average Bonchev–Trinajstić information content (AvgIpc) is 3.06. The molecule has 3 heteroatoms. The Hall–Kier alpha value is -0.570. The standard InChI is InChI=1S/C18H33NO2/c1-4-8-16(15-9-5-6-10-15)17(20)21-14-13-19-12-7-11-18(19,2)3/h15-16H,4-14H2,1-3H3/t16-/m0/s1. The molecule has 0 N–H and O–H groups in total. The number of ether oxygens (including phenoxy) is 1. The van der Waals surface area contributed by atoms with Crippen LogP contribution in [0, 0.1) is 11.8 Å². The molecule has 3 nitrogen and oxygen atoms in total. The number of likely N-dealkylation sites (tertiary alicyclic amines) is 1. The molecule has 0 aromatic carbocycles. The van der Waals surface area contributed by atoms with Gasteiger partial charge in [-0.3, -0.25) is 9.69 Å². The van der Waals surface area contributed by atoms with Crippen molar-refractivity contribution in [2.24, 2.45) is 11.8 Å². The van der Waals surface area contributed by atoms with Gasteiger partial charge in [-0.05, 0) is 58.4 Å². The van der Waals surface area contributed by atoms with Crippen LogP contribution >= 0.6 is 0 Å². The molecule has 1 aliphatic carbocycles. The van der Waals surface area contributed by atoms with Crippen molar-refractivity contribution in [1.82, 2.24) is 4.90 Å². The molecule has 1 atom stereocenters. The minimum absolute atomic E-state index is 0.0701. The Morgan fingerprint density at radius 1 is 1.29 bits per heavy atom. The van der Waals surface area contributed by atoms with Gasteiger partial charge >= 0.3 is 5.97 Å². The number of esters is 1. The zero-order valence-corrected chi connectivity index (χ0v) is 14.2. The van der Waals surface area contributed by atoms with E-state index in [2.05, 4.69) is 25.7 Å². The molecule has 1 aliphatic heterocycles. The van der Waals surface area contributed by atoms with E-state index in [0.29, 0.717) is 12.5 Å². The van der Waals surface area contributed by atoms with Crippen LogP contribution < -0.4 is 0 Å². The Labute approximate surface area is 130 Å². The molecule has 0 bridgehead atoms. The highest BCUT2D eigenvalue weighted by Gasteiger charge is 2.33. The molecular formula is C18H33NO2. The zero-order valence-electron chi connectivity index (χ0n) is 14.2. The first-order chi connectivity index (χ1) is 10.0. The van der Waals surface area contributed by atoms with Crippen LogP contribution in [-0.4, -0.2) is 36.1 Å². The predicted octanol–water partition coefficient (Wildman–Crippen LogP) is 4.01. The van der Waals surface area contributed by atoms with E-state index in [9.17, 15) is 4.79 Å². The van der Waals surface area contributed by atoms with Gasteiger partial charge in [0.2, 0.25) is 0 Å². The molecule has 0 spiro atoms. The van der Waals surface area contributed by atoms with Crippen LogP contribution in [0.25, 0.3) is 0 Å². The molecule has 21 heavy (non-hydrogen) atoms. The van der Waals surface area contributed by atoms with Gasteiger partial charge in [-0.2, -0.15) is 0 Å². The van der Waals surface area contributed by atoms with Crippen molar-refractivity contribution in [2.45, 2.75) is 77.7 Å². The fourth-order valence-corrected chi connectivity index (χ4v) is 4.16. The minimum Gasteiger partial charge on any atom is -0.464 e. The number of carbonyl (C=O) groups excluding carboxylic acids is 1. The second kappa shape index (κ2) is 7.62. The Morgan fingerprint density at radius 3 is 2.57 bits per heavy atom. The predicted molar refractivity (Wildman–Crippen MR) is 86.2 cm³/mol. The molecule has 1 heterocycles. The maximum atomic E-state index is 12.4. The van der Waals surface area contributed by atoms with E-state index in [-0.39, 0.29) is 17.4 Å². The Morgan fingerprint density at radius 2 is 2.00 bits per heavy atom. The molecule has 0 amide bonds. The summed E-state index contributed by atoms with van der Waals surface area (Å²) >= 11 is 0. The topological polar surface area (TPSA) is 29.5 Å². The van der Waals surface area contributed by atoms with Gasteiger partial charge < -0.3 is 4.74 Å². The molecule has 122 valence electrons. The maximum absolute atomic E-state index is 12.4. The summed E-state index contributed by atoms with van der Waals surface area (Å²) in [6.45, 7) is 9.35. The number of rotatable bonds is 7. The molecule has 0 aromatic heterocycles. The third-order valence-electron chi connectivity index (χ3n) is 5.55. The molecule has 2 fully saturated rings. The van der Waals surface area contributed by atoms with Crippen LogP contribution in [-0.2, 0) is 9.53 Å². The van der Waals surface area contributed by atoms with Crippen LogP contribution in [0.1, 0.15) is 72.1 Å². The van der Waals surface area contributed by atoms with Gasteiger partial charge in [-0.1, -0.05) is 26.2 Å². The fourth-order valence-electron chi connectivity index (χ4n) is 4.16. The van der Waals surface area contributed by atoms with Gasteiger partial charge in [0.15, 0.2) is 0 Å². The summed E-state index contributed by atoms with van der Waals surface area (Å²) < 4.78 is 5.64. The summed E-state index contributed by atoms with van der Waals surface area (Å²) in [5.74, 6) is 0.811. The van der Waals surface area contributed by atoms with E-state index in [1.165, 1.54) is 38.5 Å². The van der Waals surface area contributed by atoms with Crippen molar-refractivity contribution >= 4 is 5.97 Å². The van der Waals surface area contributed by atoms with Gasteiger partial charge in [0.25, 0.3) is 0 Å². The van der Waals surface area contributed by atoms with Crippen molar-refractivity contribution in [3.63, 3.8) is 0 Å². The van der Waals surface area contributed by atoms with E-state index in [4.69, 9.17) is 4.74 Å². The lowest BCUT2D eigenvalue weighted by Crippen LogP contribution is -2.40. The Kier molecular flexibility index (Phi) is 6.09. The van der Waals surface area contributed by atoms with Crippen molar-refractivity contribution in [2.75, 3.05) is 19.7 Å². The SMILES string of the molecule is CCC[C@H](C(=O)OCCN1CCCC1(C)C)C1CCCC1. The van der Waals surface area contributed by atoms with Crippen LogP contribution in [0.3, 0.4) is 0 Å². The highest BCUT2D eigenvalue weighted by molar-refractivity contribution is 5.72. The first kappa shape index (κ1) is 16.8. The second-order valence-electron chi connectivity index (χ2n) is 7.51. The van der Waals surface area contributed by atoms with Gasteiger partial charge in [-0.15, -0.1) is 0 Å². The lowest BCUT2D eigenvalue weighted by Gasteiger charge is -2.31. The molecule has 1 saturated heterocycles. The van der Waals surface area contributed by atoms with Crippen molar-refractivity contribution in [3.05, 3.63) is 0 Å². The highest BCUT2D eigenvalue weighted by atomic mass is 16.5. The van der Waals surface area contributed by atoms with Gasteiger partial charge in [0.1, 0.15) is 6.61 Å². The summed E-state index contributed by atoms with van der Waals surface area (Å²) in [6, 6.07) is 0. The van der Waals surface area contributed by atoms with E-state index in [0.717, 1.165) is 25.9 Å². The van der Waals surface area contributed by atoms with Crippen molar-refractivity contribution in [3.8, 4) is 0 Å². The van der Waals surface area contributed by atoms with Crippen LogP contribution in [0.4, 0.5) is 0 Å². The first-order valence-corrected chi connectivity index (χ1v) is 8.96. The zero-order chi connectivity index (χ0) is 15.3. The van der Waals surface area contributed by atoms with Crippen molar-refractivity contribution < 1.29 is 9.53 Å². The second-order valence-corrected chi connectivity index (χ2v) is 7.51. The van der Waals surface area contributed by atoms with E-state index in [1.807, 2.05) is 0 Å². The smallest absolute Gasteiger partial charge is 0.309 e. The number of nitrogens with zero attached hydrogens (tertiary/aromatic N) is 1. The maximum Gasteiger partial charge on any atom is 0.309 e. The van der Waals surface area contributed by atoms with Crippen LogP contribution in [0.15, 0.2) is 0 Å². The molecule has 0 unspecified atom stereocenters. The van der Waals surface area contributed by atoms with Crippen LogP contribution in [0.2, 0.25) is 0 Å². The van der Waals surface area contributed by atoms with E-state index < -0.39 is 0 Å². The number of hydrogen-bond donors (Lipinski definition) is 0. The first-order valence-electron chi connectivity index (χ1n) is 8.96.